The van der Waals surface area contributed by atoms with Crippen molar-refractivity contribution in [2.75, 3.05) is 7.05 Å². The highest BCUT2D eigenvalue weighted by molar-refractivity contribution is 5.78. The van der Waals surface area contributed by atoms with Crippen LogP contribution in [0.2, 0.25) is 0 Å². The number of H-pyrrole nitrogens is 1. The molecule has 30 heavy (non-hydrogen) atoms. The lowest BCUT2D eigenvalue weighted by Crippen LogP contribution is -2.28. The number of fused-ring (bicyclic) bond motifs is 2. The van der Waals surface area contributed by atoms with Crippen LogP contribution in [0, 0.1) is 0 Å². The maximum absolute atomic E-state index is 13.6. The summed E-state index contributed by atoms with van der Waals surface area (Å²) < 4.78 is 27.9. The van der Waals surface area contributed by atoms with Gasteiger partial charge in [-0.3, -0.25) is 14.2 Å². The smallest absolute Gasteiger partial charge is 0.320 e. The van der Waals surface area contributed by atoms with Crippen LogP contribution in [-0.4, -0.2) is 37.4 Å². The molecule has 0 unspecified atom stereocenters. The van der Waals surface area contributed by atoms with E-state index in [9.17, 15) is 18.4 Å². The highest BCUT2D eigenvalue weighted by Gasteiger charge is 2.20. The summed E-state index contributed by atoms with van der Waals surface area (Å²) in [6.07, 6.45) is 0.307. The van der Waals surface area contributed by atoms with Crippen molar-refractivity contribution in [2.45, 2.75) is 25.9 Å². The number of para-hydroxylation sites is 3. The Kier molecular flexibility index (Phi) is 5.26. The Bertz CT molecular complexity index is 1280. The monoisotopic (exact) mass is 411 g/mol. The maximum Gasteiger partial charge on any atom is 0.320 e. The molecule has 1 amide bonds. The van der Waals surface area contributed by atoms with Crippen LogP contribution < -0.4 is 5.56 Å². The van der Waals surface area contributed by atoms with Crippen molar-refractivity contribution in [3.8, 4) is 0 Å². The number of nitrogens with zero attached hydrogens (tertiary/aromatic N) is 4. The van der Waals surface area contributed by atoms with Gasteiger partial charge in [0.15, 0.2) is 0 Å². The highest BCUT2D eigenvalue weighted by Crippen LogP contribution is 2.23. The van der Waals surface area contributed by atoms with Gasteiger partial charge in [-0.2, -0.15) is 8.78 Å². The van der Waals surface area contributed by atoms with Gasteiger partial charge in [-0.05, 0) is 24.3 Å². The highest BCUT2D eigenvalue weighted by atomic mass is 19.3. The molecule has 154 valence electrons. The zero-order valence-electron chi connectivity index (χ0n) is 16.2. The van der Waals surface area contributed by atoms with Gasteiger partial charge in [0.2, 0.25) is 5.91 Å². The Morgan fingerprint density at radius 1 is 1.10 bits per heavy atom. The summed E-state index contributed by atoms with van der Waals surface area (Å²) in [4.78, 5) is 37.3. The average Bonchev–Trinajstić information content (AvgIpc) is 3.10. The first-order valence-corrected chi connectivity index (χ1v) is 9.40. The molecule has 0 atom stereocenters. The van der Waals surface area contributed by atoms with Crippen LogP contribution in [0.5, 0.6) is 0 Å². The van der Waals surface area contributed by atoms with Crippen LogP contribution in [0.3, 0.4) is 0 Å². The SMILES string of the molecule is CN(Cc1nc2ccccc2n1C(F)F)C(=O)CCc1nc2ccccc2c(=O)[nH]1. The second-order valence-corrected chi connectivity index (χ2v) is 6.94. The lowest BCUT2D eigenvalue weighted by molar-refractivity contribution is -0.130. The largest absolute Gasteiger partial charge is 0.338 e. The topological polar surface area (TPSA) is 83.9 Å². The van der Waals surface area contributed by atoms with Gasteiger partial charge < -0.3 is 9.88 Å². The fraction of sp³-hybridized carbons (Fsp3) is 0.238. The van der Waals surface area contributed by atoms with Crippen LogP contribution in [-0.2, 0) is 17.8 Å². The van der Waals surface area contributed by atoms with Crippen LogP contribution in [0.4, 0.5) is 8.78 Å². The minimum absolute atomic E-state index is 0.0560. The second kappa shape index (κ2) is 8.02. The number of aryl methyl sites for hydroxylation is 1. The van der Waals surface area contributed by atoms with Crippen LogP contribution >= 0.6 is 0 Å². The Morgan fingerprint density at radius 2 is 1.80 bits per heavy atom. The molecule has 4 aromatic rings. The van der Waals surface area contributed by atoms with Crippen molar-refractivity contribution in [2.24, 2.45) is 0 Å². The van der Waals surface area contributed by atoms with Gasteiger partial charge in [0.05, 0.1) is 28.5 Å². The third kappa shape index (κ3) is 3.78. The Hall–Kier alpha value is -3.62. The van der Waals surface area contributed by atoms with Crippen molar-refractivity contribution in [3.63, 3.8) is 0 Å². The molecule has 0 fully saturated rings. The molecular weight excluding hydrogens is 392 g/mol. The van der Waals surface area contributed by atoms with Gasteiger partial charge in [0.25, 0.3) is 5.56 Å². The summed E-state index contributed by atoms with van der Waals surface area (Å²) in [5.74, 6) is 0.248. The predicted octanol–water partition coefficient (Wildman–Crippen LogP) is 3.26. The number of benzene rings is 2. The van der Waals surface area contributed by atoms with Gasteiger partial charge in [-0.15, -0.1) is 0 Å². The molecular formula is C21H19F2N5O2. The Morgan fingerprint density at radius 3 is 2.57 bits per heavy atom. The lowest BCUT2D eigenvalue weighted by atomic mass is 10.2. The van der Waals surface area contributed by atoms with E-state index >= 15 is 0 Å². The summed E-state index contributed by atoms with van der Waals surface area (Å²) in [7, 11) is 1.54. The molecule has 4 rings (SSSR count). The molecule has 9 heteroatoms. The van der Waals surface area contributed by atoms with E-state index in [1.165, 1.54) is 11.9 Å². The number of aromatic amines is 1. The van der Waals surface area contributed by atoms with Crippen molar-refractivity contribution in [1.29, 1.82) is 0 Å². The molecule has 2 heterocycles. The maximum atomic E-state index is 13.6. The standard InChI is InChI=1S/C21H19F2N5O2/c1-27(12-18-25-15-8-4-5-9-16(15)28(18)21(22)23)19(29)11-10-17-24-14-7-3-2-6-13(14)20(30)26-17/h2-9,21H,10-12H2,1H3,(H,24,26,30). The molecule has 2 aromatic carbocycles. The van der Waals surface area contributed by atoms with Crippen molar-refractivity contribution in [3.05, 3.63) is 70.5 Å². The summed E-state index contributed by atoms with van der Waals surface area (Å²) in [6, 6.07) is 13.6. The summed E-state index contributed by atoms with van der Waals surface area (Å²) in [5, 5.41) is 0.482. The molecule has 0 bridgehead atoms. The normalized spacial score (nSPS) is 11.5. The molecule has 0 aliphatic rings. The van der Waals surface area contributed by atoms with Crippen LogP contribution in [0.15, 0.2) is 53.3 Å². The van der Waals surface area contributed by atoms with Crippen molar-refractivity contribution in [1.82, 2.24) is 24.4 Å². The molecule has 0 radical (unpaired) electrons. The zero-order valence-corrected chi connectivity index (χ0v) is 16.2. The van der Waals surface area contributed by atoms with E-state index < -0.39 is 6.55 Å². The van der Waals surface area contributed by atoms with Gasteiger partial charge in [0, 0.05) is 19.9 Å². The quantitative estimate of drug-likeness (QED) is 0.528. The number of halogens is 2. The Labute approximate surface area is 170 Å². The summed E-state index contributed by atoms with van der Waals surface area (Å²) in [5.41, 5.74) is 1.07. The number of hydrogen-bond acceptors (Lipinski definition) is 4. The van der Waals surface area contributed by atoms with Crippen molar-refractivity contribution < 1.29 is 13.6 Å². The van der Waals surface area contributed by atoms with Crippen molar-refractivity contribution >= 4 is 27.8 Å². The molecule has 0 spiro atoms. The molecule has 7 nitrogen and oxygen atoms in total. The average molecular weight is 411 g/mol. The molecule has 1 N–H and O–H groups in total. The summed E-state index contributed by atoms with van der Waals surface area (Å²) >= 11 is 0. The fourth-order valence-corrected chi connectivity index (χ4v) is 3.39. The first-order chi connectivity index (χ1) is 14.4. The van der Waals surface area contributed by atoms with E-state index in [0.29, 0.717) is 27.8 Å². The minimum atomic E-state index is -2.76. The number of carbonyl (C=O) groups is 1. The van der Waals surface area contributed by atoms with Crippen LogP contribution in [0.1, 0.15) is 24.6 Å². The number of nitrogens with one attached hydrogen (secondary N) is 1. The number of aromatic nitrogens is 4. The number of carbonyl (C=O) groups excluding carboxylic acids is 1. The van der Waals surface area contributed by atoms with E-state index in [0.717, 1.165) is 4.57 Å². The minimum Gasteiger partial charge on any atom is -0.338 e. The van der Waals surface area contributed by atoms with Gasteiger partial charge >= 0.3 is 6.55 Å². The molecule has 0 aliphatic heterocycles. The van der Waals surface area contributed by atoms with E-state index in [4.69, 9.17) is 0 Å². The number of amides is 1. The first-order valence-electron chi connectivity index (χ1n) is 9.40. The number of hydrogen-bond donors (Lipinski definition) is 1. The fourth-order valence-electron chi connectivity index (χ4n) is 3.39. The summed E-state index contributed by atoms with van der Waals surface area (Å²) in [6.45, 7) is -2.82. The van der Waals surface area contributed by atoms with E-state index in [1.54, 1.807) is 48.5 Å². The van der Waals surface area contributed by atoms with Gasteiger partial charge in [-0.25, -0.2) is 9.97 Å². The van der Waals surface area contributed by atoms with Crippen LogP contribution in [0.25, 0.3) is 21.9 Å². The van der Waals surface area contributed by atoms with Gasteiger partial charge in [0.1, 0.15) is 11.6 Å². The zero-order chi connectivity index (χ0) is 21.3. The molecule has 0 saturated heterocycles. The lowest BCUT2D eigenvalue weighted by Gasteiger charge is -2.17. The van der Waals surface area contributed by atoms with E-state index in [2.05, 4.69) is 15.0 Å². The number of alkyl halides is 2. The number of imidazole rings is 1. The molecule has 0 aliphatic carbocycles. The second-order valence-electron chi connectivity index (χ2n) is 6.94. The predicted molar refractivity (Wildman–Crippen MR) is 108 cm³/mol. The molecule has 0 saturated carbocycles. The van der Waals surface area contributed by atoms with E-state index in [1.807, 2.05) is 0 Å². The third-order valence-electron chi connectivity index (χ3n) is 4.91. The van der Waals surface area contributed by atoms with E-state index in [-0.39, 0.29) is 36.7 Å². The first kappa shape index (κ1) is 19.7. The Balaban J connectivity index is 1.48. The molecule has 2 aromatic heterocycles. The third-order valence-corrected chi connectivity index (χ3v) is 4.91. The number of rotatable bonds is 6. The van der Waals surface area contributed by atoms with Gasteiger partial charge in [-0.1, -0.05) is 24.3 Å².